The van der Waals surface area contributed by atoms with Crippen molar-refractivity contribution in [1.82, 2.24) is 5.32 Å². The van der Waals surface area contributed by atoms with Gasteiger partial charge in [0.1, 0.15) is 5.75 Å². The summed E-state index contributed by atoms with van der Waals surface area (Å²) in [5, 5.41) is 5.35. The molecule has 0 fully saturated rings. The third-order valence-corrected chi connectivity index (χ3v) is 4.11. The summed E-state index contributed by atoms with van der Waals surface area (Å²) in [7, 11) is 3.01. The Kier molecular flexibility index (Phi) is 8.34. The Morgan fingerprint density at radius 2 is 1.37 bits per heavy atom. The van der Waals surface area contributed by atoms with Gasteiger partial charge in [-0.15, -0.1) is 0 Å². The SMILES string of the molecule is CCOc1cc(C(=O)Nc2ccc(C(=O)NC)cc2OC)cc(OCC)c1OCC. The van der Waals surface area contributed by atoms with Gasteiger partial charge < -0.3 is 29.6 Å². The smallest absolute Gasteiger partial charge is 0.256 e. The van der Waals surface area contributed by atoms with Crippen LogP contribution >= 0.6 is 0 Å². The molecule has 0 saturated heterocycles. The van der Waals surface area contributed by atoms with Crippen molar-refractivity contribution in [3.8, 4) is 23.0 Å². The second-order valence-corrected chi connectivity index (χ2v) is 6.05. The molecule has 0 atom stereocenters. The predicted octanol–water partition coefficient (Wildman–Crippen LogP) is 3.50. The van der Waals surface area contributed by atoms with Gasteiger partial charge >= 0.3 is 0 Å². The van der Waals surface area contributed by atoms with E-state index in [4.69, 9.17) is 18.9 Å². The van der Waals surface area contributed by atoms with Gasteiger partial charge in [-0.25, -0.2) is 0 Å². The largest absolute Gasteiger partial charge is 0.495 e. The molecule has 0 unspecified atom stereocenters. The van der Waals surface area contributed by atoms with E-state index in [0.29, 0.717) is 59.6 Å². The number of nitrogens with one attached hydrogen (secondary N) is 2. The number of benzene rings is 2. The molecule has 0 radical (unpaired) electrons. The minimum absolute atomic E-state index is 0.250. The molecule has 162 valence electrons. The summed E-state index contributed by atoms with van der Waals surface area (Å²) in [5.41, 5.74) is 1.19. The lowest BCUT2D eigenvalue weighted by atomic mass is 10.1. The highest BCUT2D eigenvalue weighted by Crippen LogP contribution is 2.39. The van der Waals surface area contributed by atoms with Crippen LogP contribution in [0.5, 0.6) is 23.0 Å². The second kappa shape index (κ2) is 10.9. The molecule has 8 nitrogen and oxygen atoms in total. The Morgan fingerprint density at radius 1 is 0.800 bits per heavy atom. The van der Waals surface area contributed by atoms with Crippen molar-refractivity contribution < 1.29 is 28.5 Å². The summed E-state index contributed by atoms with van der Waals surface area (Å²) in [4.78, 5) is 24.8. The molecule has 2 aromatic rings. The summed E-state index contributed by atoms with van der Waals surface area (Å²) in [5.74, 6) is 1.05. The molecule has 0 aromatic heterocycles. The maximum Gasteiger partial charge on any atom is 0.256 e. The Morgan fingerprint density at radius 3 is 1.87 bits per heavy atom. The average Bonchev–Trinajstić information content (AvgIpc) is 2.75. The average molecular weight is 416 g/mol. The third kappa shape index (κ3) is 5.34. The van der Waals surface area contributed by atoms with Crippen molar-refractivity contribution in [3.05, 3.63) is 41.5 Å². The van der Waals surface area contributed by atoms with Gasteiger partial charge in [0.15, 0.2) is 11.5 Å². The lowest BCUT2D eigenvalue weighted by molar-refractivity contribution is 0.0962. The number of hydrogen-bond acceptors (Lipinski definition) is 6. The van der Waals surface area contributed by atoms with Crippen molar-refractivity contribution in [2.24, 2.45) is 0 Å². The van der Waals surface area contributed by atoms with E-state index in [2.05, 4.69) is 10.6 Å². The summed E-state index contributed by atoms with van der Waals surface area (Å²) in [6.45, 7) is 6.81. The van der Waals surface area contributed by atoms with Crippen LogP contribution < -0.4 is 29.6 Å². The van der Waals surface area contributed by atoms with Crippen molar-refractivity contribution >= 4 is 17.5 Å². The van der Waals surface area contributed by atoms with E-state index < -0.39 is 0 Å². The van der Waals surface area contributed by atoms with Crippen LogP contribution in [0, 0.1) is 0 Å². The molecule has 2 aromatic carbocycles. The molecule has 2 amide bonds. The molecule has 0 aliphatic heterocycles. The highest BCUT2D eigenvalue weighted by molar-refractivity contribution is 6.06. The zero-order chi connectivity index (χ0) is 22.1. The first-order valence-electron chi connectivity index (χ1n) is 9.76. The fourth-order valence-corrected chi connectivity index (χ4v) is 2.79. The van der Waals surface area contributed by atoms with E-state index >= 15 is 0 Å². The monoisotopic (exact) mass is 416 g/mol. The molecule has 0 spiro atoms. The maximum absolute atomic E-state index is 12.9. The van der Waals surface area contributed by atoms with E-state index in [0.717, 1.165) is 0 Å². The molecule has 0 saturated carbocycles. The van der Waals surface area contributed by atoms with Gasteiger partial charge in [-0.1, -0.05) is 0 Å². The lowest BCUT2D eigenvalue weighted by Gasteiger charge is -2.17. The van der Waals surface area contributed by atoms with E-state index in [1.165, 1.54) is 7.11 Å². The topological polar surface area (TPSA) is 95.1 Å². The molecule has 0 heterocycles. The van der Waals surface area contributed by atoms with Gasteiger partial charge in [0.2, 0.25) is 5.75 Å². The van der Waals surface area contributed by atoms with E-state index in [-0.39, 0.29) is 11.8 Å². The van der Waals surface area contributed by atoms with Gasteiger partial charge in [0, 0.05) is 18.2 Å². The number of rotatable bonds is 10. The van der Waals surface area contributed by atoms with E-state index in [9.17, 15) is 9.59 Å². The Balaban J connectivity index is 2.39. The van der Waals surface area contributed by atoms with Gasteiger partial charge in [0.05, 0.1) is 32.6 Å². The van der Waals surface area contributed by atoms with Crippen molar-refractivity contribution in [2.75, 3.05) is 39.3 Å². The molecule has 8 heteroatoms. The highest BCUT2D eigenvalue weighted by atomic mass is 16.5. The van der Waals surface area contributed by atoms with Crippen molar-refractivity contribution in [3.63, 3.8) is 0 Å². The van der Waals surface area contributed by atoms with Crippen LogP contribution in [0.25, 0.3) is 0 Å². The molecule has 30 heavy (non-hydrogen) atoms. The zero-order valence-corrected chi connectivity index (χ0v) is 18.0. The summed E-state index contributed by atoms with van der Waals surface area (Å²) in [6, 6.07) is 7.99. The van der Waals surface area contributed by atoms with Crippen molar-refractivity contribution in [1.29, 1.82) is 0 Å². The first-order valence-corrected chi connectivity index (χ1v) is 9.76. The number of amides is 2. The van der Waals surface area contributed by atoms with Gasteiger partial charge in [-0.2, -0.15) is 0 Å². The zero-order valence-electron chi connectivity index (χ0n) is 18.0. The number of carbonyl (C=O) groups is 2. The van der Waals surface area contributed by atoms with Gasteiger partial charge in [0.25, 0.3) is 11.8 Å². The number of hydrogen-bond donors (Lipinski definition) is 2. The van der Waals surface area contributed by atoms with Crippen LogP contribution in [0.15, 0.2) is 30.3 Å². The van der Waals surface area contributed by atoms with Crippen molar-refractivity contribution in [2.45, 2.75) is 20.8 Å². The van der Waals surface area contributed by atoms with Crippen LogP contribution in [0.2, 0.25) is 0 Å². The van der Waals surface area contributed by atoms with Crippen LogP contribution in [-0.2, 0) is 0 Å². The number of anilines is 1. The third-order valence-electron chi connectivity index (χ3n) is 4.11. The van der Waals surface area contributed by atoms with Crippen LogP contribution in [0.3, 0.4) is 0 Å². The van der Waals surface area contributed by atoms with E-state index in [1.807, 2.05) is 20.8 Å². The lowest BCUT2D eigenvalue weighted by Crippen LogP contribution is -2.18. The first kappa shape index (κ1) is 22.9. The quantitative estimate of drug-likeness (QED) is 0.616. The van der Waals surface area contributed by atoms with E-state index in [1.54, 1.807) is 37.4 Å². The molecular formula is C22H28N2O6. The van der Waals surface area contributed by atoms with Crippen LogP contribution in [-0.4, -0.2) is 45.8 Å². The number of methoxy groups -OCH3 is 1. The normalized spacial score (nSPS) is 10.2. The number of ether oxygens (including phenoxy) is 4. The minimum Gasteiger partial charge on any atom is -0.495 e. The summed E-state index contributed by atoms with van der Waals surface area (Å²) in [6.07, 6.45) is 0. The maximum atomic E-state index is 12.9. The standard InChI is InChI=1S/C22H28N2O6/c1-6-28-18-12-15(13-19(29-7-2)20(18)30-8-3)22(26)24-16-10-9-14(21(25)23-4)11-17(16)27-5/h9-13H,6-8H2,1-5H3,(H,23,25)(H,24,26). The molecular weight excluding hydrogens is 388 g/mol. The summed E-state index contributed by atoms with van der Waals surface area (Å²) >= 11 is 0. The minimum atomic E-state index is -0.383. The summed E-state index contributed by atoms with van der Waals surface area (Å²) < 4.78 is 22.3. The van der Waals surface area contributed by atoms with Crippen LogP contribution in [0.4, 0.5) is 5.69 Å². The van der Waals surface area contributed by atoms with Gasteiger partial charge in [-0.3, -0.25) is 9.59 Å². The molecule has 0 aliphatic carbocycles. The molecule has 2 rings (SSSR count). The first-order chi connectivity index (χ1) is 14.5. The predicted molar refractivity (Wildman–Crippen MR) is 114 cm³/mol. The highest BCUT2D eigenvalue weighted by Gasteiger charge is 2.19. The Labute approximate surface area is 176 Å². The Bertz CT molecular complexity index is 870. The molecule has 2 N–H and O–H groups in total. The fourth-order valence-electron chi connectivity index (χ4n) is 2.79. The molecule has 0 aliphatic rings. The van der Waals surface area contributed by atoms with Crippen LogP contribution in [0.1, 0.15) is 41.5 Å². The molecule has 0 bridgehead atoms. The fraction of sp³-hybridized carbons (Fsp3) is 0.364. The second-order valence-electron chi connectivity index (χ2n) is 6.05. The Hall–Kier alpha value is -3.42. The number of carbonyl (C=O) groups excluding carboxylic acids is 2. The van der Waals surface area contributed by atoms with Gasteiger partial charge in [-0.05, 0) is 51.1 Å².